The fraction of sp³-hybridized carbons (Fsp3) is 0.148. The lowest BCUT2D eigenvalue weighted by Gasteiger charge is -2.15. The van der Waals surface area contributed by atoms with Crippen molar-refractivity contribution in [3.05, 3.63) is 83.6 Å². The summed E-state index contributed by atoms with van der Waals surface area (Å²) in [6.07, 6.45) is 5.59. The molecule has 1 N–H and O–H groups in total. The van der Waals surface area contributed by atoms with Crippen LogP contribution in [-0.2, 0) is 7.05 Å². The van der Waals surface area contributed by atoms with E-state index in [9.17, 15) is 0 Å². The minimum absolute atomic E-state index is 0.409. The molecule has 0 fully saturated rings. The van der Waals surface area contributed by atoms with Crippen molar-refractivity contribution in [2.75, 3.05) is 5.32 Å². The van der Waals surface area contributed by atoms with E-state index in [1.54, 1.807) is 12.1 Å². The number of aryl methyl sites for hydroxylation is 4. The highest BCUT2D eigenvalue weighted by Crippen LogP contribution is 2.35. The van der Waals surface area contributed by atoms with Crippen LogP contribution in [0.1, 0.15) is 22.5 Å². The zero-order valence-electron chi connectivity index (χ0n) is 19.9. The number of hydrogen-bond acceptors (Lipinski definition) is 7. The van der Waals surface area contributed by atoms with Gasteiger partial charge in [-0.2, -0.15) is 10.2 Å². The van der Waals surface area contributed by atoms with E-state index in [4.69, 9.17) is 10.00 Å². The average molecular weight is 462 g/mol. The molecule has 0 saturated heterocycles. The Hall–Kier alpha value is -4.77. The van der Waals surface area contributed by atoms with Gasteiger partial charge in [-0.05, 0) is 79.9 Å². The monoisotopic (exact) mass is 461 g/mol. The number of fused-ring (bicyclic) bond motifs is 1. The van der Waals surface area contributed by atoms with E-state index in [-0.39, 0.29) is 0 Å². The molecule has 5 aromatic rings. The molecular weight excluding hydrogens is 438 g/mol. The molecule has 0 aliphatic heterocycles. The van der Waals surface area contributed by atoms with Gasteiger partial charge in [-0.15, -0.1) is 0 Å². The molecular formula is C27H23N7O. The summed E-state index contributed by atoms with van der Waals surface area (Å²) >= 11 is 0. The molecule has 3 heterocycles. The summed E-state index contributed by atoms with van der Waals surface area (Å²) in [5.41, 5.74) is 6.86. The maximum absolute atomic E-state index is 9.03. The molecule has 0 aliphatic carbocycles. The zero-order chi connectivity index (χ0) is 24.5. The van der Waals surface area contributed by atoms with Crippen molar-refractivity contribution in [1.29, 1.82) is 5.26 Å². The number of nitriles is 1. The van der Waals surface area contributed by atoms with E-state index >= 15 is 0 Å². The largest absolute Gasteiger partial charge is 0.436 e. The van der Waals surface area contributed by atoms with Crippen LogP contribution in [0.25, 0.3) is 22.2 Å². The Labute approximate surface area is 202 Å². The third-order valence-corrected chi connectivity index (χ3v) is 5.73. The second-order valence-corrected chi connectivity index (χ2v) is 8.39. The summed E-state index contributed by atoms with van der Waals surface area (Å²) in [5.74, 6) is 2.35. The van der Waals surface area contributed by atoms with Crippen LogP contribution < -0.4 is 10.1 Å². The van der Waals surface area contributed by atoms with E-state index < -0.39 is 0 Å². The number of hydrogen-bond donors (Lipinski definition) is 1. The van der Waals surface area contributed by atoms with Gasteiger partial charge in [0.25, 0.3) is 0 Å². The third-order valence-electron chi connectivity index (χ3n) is 5.73. The van der Waals surface area contributed by atoms with Gasteiger partial charge in [0.2, 0.25) is 11.8 Å². The van der Waals surface area contributed by atoms with Crippen molar-refractivity contribution in [2.24, 2.45) is 7.05 Å². The van der Waals surface area contributed by atoms with Crippen LogP contribution in [0, 0.1) is 32.1 Å². The van der Waals surface area contributed by atoms with Gasteiger partial charge in [0.05, 0.1) is 17.1 Å². The van der Waals surface area contributed by atoms with Gasteiger partial charge < -0.3 is 14.6 Å². The summed E-state index contributed by atoms with van der Waals surface area (Å²) in [6.45, 7) is 5.90. The normalized spacial score (nSPS) is 10.8. The van der Waals surface area contributed by atoms with Crippen molar-refractivity contribution in [3.63, 3.8) is 0 Å². The maximum atomic E-state index is 9.03. The van der Waals surface area contributed by atoms with Gasteiger partial charge in [-0.25, -0.2) is 15.0 Å². The van der Waals surface area contributed by atoms with Gasteiger partial charge in [-0.1, -0.05) is 0 Å². The zero-order valence-corrected chi connectivity index (χ0v) is 19.9. The van der Waals surface area contributed by atoms with Crippen molar-refractivity contribution < 1.29 is 4.74 Å². The second-order valence-electron chi connectivity index (χ2n) is 8.39. The number of ether oxygens (including phenoxy) is 1. The van der Waals surface area contributed by atoms with E-state index in [1.165, 1.54) is 0 Å². The molecule has 3 aromatic heterocycles. The first kappa shape index (κ1) is 22.0. The highest BCUT2D eigenvalue weighted by Gasteiger charge is 2.17. The van der Waals surface area contributed by atoms with Crippen molar-refractivity contribution in [3.8, 4) is 28.8 Å². The molecule has 35 heavy (non-hydrogen) atoms. The highest BCUT2D eigenvalue weighted by atomic mass is 16.5. The molecule has 0 atom stereocenters. The fourth-order valence-electron chi connectivity index (χ4n) is 3.96. The van der Waals surface area contributed by atoms with Crippen LogP contribution in [0.5, 0.6) is 11.6 Å². The number of rotatable bonds is 5. The van der Waals surface area contributed by atoms with Crippen LogP contribution >= 0.6 is 0 Å². The van der Waals surface area contributed by atoms with Crippen LogP contribution in [0.4, 0.5) is 11.6 Å². The quantitative estimate of drug-likeness (QED) is 0.355. The summed E-state index contributed by atoms with van der Waals surface area (Å²) in [7, 11) is 1.94. The Bertz CT molecular complexity index is 1560. The molecule has 172 valence electrons. The number of nitrogens with zero attached hydrogens (tertiary/aromatic N) is 6. The fourth-order valence-corrected chi connectivity index (χ4v) is 3.96. The van der Waals surface area contributed by atoms with Crippen molar-refractivity contribution >= 4 is 22.7 Å². The molecule has 0 spiro atoms. The number of aromatic nitrogens is 5. The van der Waals surface area contributed by atoms with Gasteiger partial charge in [0, 0.05) is 36.9 Å². The molecule has 0 aliphatic rings. The smallest absolute Gasteiger partial charge is 0.249 e. The van der Waals surface area contributed by atoms with E-state index in [2.05, 4.69) is 43.5 Å². The van der Waals surface area contributed by atoms with E-state index in [1.807, 2.05) is 69.2 Å². The van der Waals surface area contributed by atoms with Gasteiger partial charge in [0.15, 0.2) is 0 Å². The summed E-state index contributed by atoms with van der Waals surface area (Å²) < 4.78 is 8.37. The molecule has 0 amide bonds. The summed E-state index contributed by atoms with van der Waals surface area (Å²) in [5, 5.41) is 12.2. The standard InChI is InChI=1S/C27H23N7O/c1-16-11-20(21-14-29-18(3)30-15-21)12-17(2)25(16)35-26-24-23(9-10-34(24)4)32-27(33-26)31-22-7-5-19(13-28)6-8-22/h5-12,14-15H,1-4H3,(H,31,32,33). The van der Waals surface area contributed by atoms with Gasteiger partial charge in [-0.3, -0.25) is 0 Å². The van der Waals surface area contributed by atoms with Crippen LogP contribution in [0.3, 0.4) is 0 Å². The molecule has 2 aromatic carbocycles. The first-order valence-electron chi connectivity index (χ1n) is 11.1. The molecule has 0 unspecified atom stereocenters. The molecule has 8 nitrogen and oxygen atoms in total. The van der Waals surface area contributed by atoms with Crippen molar-refractivity contribution in [2.45, 2.75) is 20.8 Å². The topological polar surface area (TPSA) is 102 Å². The Balaban J connectivity index is 1.52. The number of anilines is 2. The lowest BCUT2D eigenvalue weighted by Crippen LogP contribution is -2.02. The highest BCUT2D eigenvalue weighted by molar-refractivity contribution is 5.83. The third kappa shape index (κ3) is 4.39. The van der Waals surface area contributed by atoms with Crippen LogP contribution in [-0.4, -0.2) is 24.5 Å². The Morgan fingerprint density at radius 1 is 0.914 bits per heavy atom. The lowest BCUT2D eigenvalue weighted by atomic mass is 10.0. The Morgan fingerprint density at radius 3 is 2.26 bits per heavy atom. The van der Waals surface area contributed by atoms with Gasteiger partial charge >= 0.3 is 0 Å². The lowest BCUT2D eigenvalue weighted by molar-refractivity contribution is 0.459. The minimum Gasteiger partial charge on any atom is -0.436 e. The number of nitrogens with one attached hydrogen (secondary N) is 1. The van der Waals surface area contributed by atoms with Crippen LogP contribution in [0.15, 0.2) is 61.1 Å². The summed E-state index contributed by atoms with van der Waals surface area (Å²) in [4.78, 5) is 18.0. The molecule has 0 bridgehead atoms. The predicted octanol–water partition coefficient (Wildman–Crippen LogP) is 5.76. The SMILES string of the molecule is Cc1ncc(-c2cc(C)c(Oc3nc(Nc4ccc(C#N)cc4)nc4ccn(C)c34)c(C)c2)cn1. The predicted molar refractivity (Wildman–Crippen MR) is 135 cm³/mol. The second kappa shape index (κ2) is 8.88. The number of benzene rings is 2. The van der Waals surface area contributed by atoms with Crippen molar-refractivity contribution in [1.82, 2.24) is 24.5 Å². The Morgan fingerprint density at radius 2 is 1.60 bits per heavy atom. The molecule has 0 saturated carbocycles. The maximum Gasteiger partial charge on any atom is 0.249 e. The van der Waals surface area contributed by atoms with Gasteiger partial charge in [0.1, 0.15) is 17.1 Å². The Kier molecular flexibility index (Phi) is 5.59. The first-order valence-corrected chi connectivity index (χ1v) is 11.1. The average Bonchev–Trinajstić information content (AvgIpc) is 3.23. The molecule has 0 radical (unpaired) electrons. The summed E-state index contributed by atoms with van der Waals surface area (Å²) in [6, 6.07) is 15.3. The van der Waals surface area contributed by atoms with E-state index in [0.29, 0.717) is 17.4 Å². The first-order chi connectivity index (χ1) is 16.9. The minimum atomic E-state index is 0.409. The van der Waals surface area contributed by atoms with Crippen LogP contribution in [0.2, 0.25) is 0 Å². The molecule has 8 heteroatoms. The van der Waals surface area contributed by atoms with E-state index in [0.717, 1.165) is 50.5 Å². The molecule has 5 rings (SSSR count).